The van der Waals surface area contributed by atoms with Crippen LogP contribution < -0.4 is 0 Å². The average Bonchev–Trinajstić information content (AvgIpc) is 3.84. The Morgan fingerprint density at radius 1 is 0.426 bits per heavy atom. The van der Waals surface area contributed by atoms with Gasteiger partial charge in [-0.3, -0.25) is 0 Å². The number of aromatic nitrogens is 4. The zero-order chi connectivity index (χ0) is 30.9. The summed E-state index contributed by atoms with van der Waals surface area (Å²) >= 11 is 3.50. The van der Waals surface area contributed by atoms with Crippen molar-refractivity contribution in [1.29, 1.82) is 0 Å². The SMILES string of the molecule is c1ccc(-c2nc(-c3cccc4oc5ccccc5c34)nc(-c3cccc4sc5cc6nc(-c7ccccc7)sc6cc5c34)n2)cc1. The van der Waals surface area contributed by atoms with Crippen molar-refractivity contribution in [2.75, 3.05) is 0 Å². The van der Waals surface area contributed by atoms with E-state index in [1.807, 2.05) is 66.7 Å². The van der Waals surface area contributed by atoms with Crippen LogP contribution in [-0.4, -0.2) is 19.9 Å². The van der Waals surface area contributed by atoms with E-state index in [0.29, 0.717) is 17.5 Å². The smallest absolute Gasteiger partial charge is 0.164 e. The lowest BCUT2D eigenvalue weighted by Crippen LogP contribution is -2.00. The summed E-state index contributed by atoms with van der Waals surface area (Å²) < 4.78 is 9.77. The van der Waals surface area contributed by atoms with E-state index in [1.54, 1.807) is 22.7 Å². The van der Waals surface area contributed by atoms with E-state index in [1.165, 1.54) is 14.8 Å². The first-order chi connectivity index (χ1) is 23.3. The number of rotatable bonds is 4. The lowest BCUT2D eigenvalue weighted by molar-refractivity contribution is 0.669. The number of thiophene rings is 1. The number of furan rings is 1. The van der Waals surface area contributed by atoms with Gasteiger partial charge in [0.2, 0.25) is 0 Å². The van der Waals surface area contributed by atoms with Crippen molar-refractivity contribution in [3.05, 3.63) is 133 Å². The first-order valence-electron chi connectivity index (χ1n) is 15.3. The fraction of sp³-hybridized carbons (Fsp3) is 0. The second-order valence-electron chi connectivity index (χ2n) is 11.4. The quantitative estimate of drug-likeness (QED) is 0.192. The van der Waals surface area contributed by atoms with E-state index < -0.39 is 0 Å². The predicted octanol–water partition coefficient (Wildman–Crippen LogP) is 11.4. The number of hydrogen-bond acceptors (Lipinski definition) is 7. The molecule has 0 atom stereocenters. The highest BCUT2D eigenvalue weighted by molar-refractivity contribution is 7.26. The minimum absolute atomic E-state index is 0.611. The van der Waals surface area contributed by atoms with E-state index in [9.17, 15) is 0 Å². The van der Waals surface area contributed by atoms with Crippen LogP contribution in [0.15, 0.2) is 138 Å². The van der Waals surface area contributed by atoms with Crippen molar-refractivity contribution in [2.24, 2.45) is 0 Å². The molecule has 10 aromatic rings. The second-order valence-corrected chi connectivity index (χ2v) is 13.5. The van der Waals surface area contributed by atoms with Gasteiger partial charge in [0.05, 0.1) is 10.2 Å². The third kappa shape index (κ3) is 4.28. The van der Waals surface area contributed by atoms with Gasteiger partial charge in [-0.25, -0.2) is 19.9 Å². The third-order valence-electron chi connectivity index (χ3n) is 8.58. The van der Waals surface area contributed by atoms with Crippen LogP contribution in [0.25, 0.3) is 97.1 Å². The first kappa shape index (κ1) is 26.5. The molecule has 0 N–H and O–H groups in total. The number of thiazole rings is 1. The van der Waals surface area contributed by atoms with Crippen LogP contribution in [0.4, 0.5) is 0 Å². The van der Waals surface area contributed by atoms with Gasteiger partial charge < -0.3 is 4.42 Å². The highest BCUT2D eigenvalue weighted by Gasteiger charge is 2.20. The van der Waals surface area contributed by atoms with Crippen molar-refractivity contribution >= 4 is 75.0 Å². The number of fused-ring (bicyclic) bond motifs is 7. The fourth-order valence-electron chi connectivity index (χ4n) is 6.43. The molecular weight excluding hydrogens is 617 g/mol. The molecule has 0 aliphatic rings. The average molecular weight is 639 g/mol. The Balaban J connectivity index is 1.23. The van der Waals surface area contributed by atoms with Gasteiger partial charge in [-0.15, -0.1) is 22.7 Å². The van der Waals surface area contributed by atoms with Crippen LogP contribution in [0.1, 0.15) is 0 Å². The number of nitrogens with zero attached hydrogens (tertiary/aromatic N) is 4. The Labute approximate surface area is 276 Å². The molecule has 0 aliphatic carbocycles. The standard InChI is InChI=1S/C40H22N4OS2/c1-3-11-23(12-4-1)37-42-38(26-16-9-19-31-35(26)25-15-7-8-18-30(25)45-31)44-39(43-37)27-17-10-20-32-36(27)28-21-34-29(22-33(28)46-32)41-40(47-34)24-13-5-2-6-14-24/h1-22H. The van der Waals surface area contributed by atoms with Gasteiger partial charge in [0.15, 0.2) is 17.5 Å². The first-order valence-corrected chi connectivity index (χ1v) is 16.9. The van der Waals surface area contributed by atoms with Gasteiger partial charge in [-0.2, -0.15) is 0 Å². The maximum Gasteiger partial charge on any atom is 0.164 e. The fourth-order valence-corrected chi connectivity index (χ4v) is 8.57. The summed E-state index contributed by atoms with van der Waals surface area (Å²) in [6, 6.07) is 45.6. The normalized spacial score (nSPS) is 11.8. The van der Waals surface area contributed by atoms with Crippen molar-refractivity contribution in [3.63, 3.8) is 0 Å². The Morgan fingerprint density at radius 3 is 1.89 bits per heavy atom. The Bertz CT molecular complexity index is 2800. The molecule has 0 spiro atoms. The van der Waals surface area contributed by atoms with Crippen molar-refractivity contribution in [1.82, 2.24) is 19.9 Å². The molecule has 0 radical (unpaired) electrons. The summed E-state index contributed by atoms with van der Waals surface area (Å²) in [6.07, 6.45) is 0. The van der Waals surface area contributed by atoms with Crippen molar-refractivity contribution < 1.29 is 4.42 Å². The van der Waals surface area contributed by atoms with Gasteiger partial charge in [-0.1, -0.05) is 103 Å². The highest BCUT2D eigenvalue weighted by Crippen LogP contribution is 2.43. The summed E-state index contributed by atoms with van der Waals surface area (Å²) in [5.74, 6) is 1.88. The maximum atomic E-state index is 6.23. The zero-order valence-corrected chi connectivity index (χ0v) is 26.3. The van der Waals surface area contributed by atoms with Gasteiger partial charge in [0.1, 0.15) is 16.2 Å². The van der Waals surface area contributed by atoms with E-state index in [0.717, 1.165) is 64.8 Å². The van der Waals surface area contributed by atoms with E-state index in [4.69, 9.17) is 24.4 Å². The molecule has 47 heavy (non-hydrogen) atoms. The monoisotopic (exact) mass is 638 g/mol. The summed E-state index contributed by atoms with van der Waals surface area (Å²) in [5.41, 5.74) is 6.62. The molecule has 220 valence electrons. The molecule has 4 heterocycles. The van der Waals surface area contributed by atoms with Crippen LogP contribution in [0.3, 0.4) is 0 Å². The van der Waals surface area contributed by atoms with Gasteiger partial charge in [0, 0.05) is 53.2 Å². The molecule has 0 amide bonds. The van der Waals surface area contributed by atoms with Crippen LogP contribution in [0.2, 0.25) is 0 Å². The summed E-state index contributed by atoms with van der Waals surface area (Å²) in [7, 11) is 0. The highest BCUT2D eigenvalue weighted by atomic mass is 32.1. The van der Waals surface area contributed by atoms with Crippen LogP contribution in [-0.2, 0) is 0 Å². The predicted molar refractivity (Wildman–Crippen MR) is 195 cm³/mol. The molecule has 7 heteroatoms. The molecule has 0 fully saturated rings. The molecule has 0 bridgehead atoms. The number of para-hydroxylation sites is 1. The minimum Gasteiger partial charge on any atom is -0.456 e. The van der Waals surface area contributed by atoms with Gasteiger partial charge >= 0.3 is 0 Å². The molecule has 0 unspecified atom stereocenters. The Kier molecular flexibility index (Phi) is 5.85. The molecule has 0 aliphatic heterocycles. The minimum atomic E-state index is 0.611. The van der Waals surface area contributed by atoms with Gasteiger partial charge in [-0.05, 0) is 30.3 Å². The Morgan fingerprint density at radius 2 is 1.09 bits per heavy atom. The van der Waals surface area contributed by atoms with Crippen LogP contribution in [0.5, 0.6) is 0 Å². The number of hydrogen-bond donors (Lipinski definition) is 0. The van der Waals surface area contributed by atoms with Crippen molar-refractivity contribution in [2.45, 2.75) is 0 Å². The van der Waals surface area contributed by atoms with E-state index in [2.05, 4.69) is 66.7 Å². The largest absolute Gasteiger partial charge is 0.456 e. The third-order valence-corrected chi connectivity index (χ3v) is 10.8. The van der Waals surface area contributed by atoms with Gasteiger partial charge in [0.25, 0.3) is 0 Å². The van der Waals surface area contributed by atoms with Crippen molar-refractivity contribution in [3.8, 4) is 44.7 Å². The molecule has 4 aromatic heterocycles. The molecule has 0 saturated carbocycles. The van der Waals surface area contributed by atoms with E-state index in [-0.39, 0.29) is 0 Å². The molecule has 10 rings (SSSR count). The van der Waals surface area contributed by atoms with E-state index >= 15 is 0 Å². The topological polar surface area (TPSA) is 64.7 Å². The molecular formula is C40H22N4OS2. The van der Waals surface area contributed by atoms with Crippen LogP contribution >= 0.6 is 22.7 Å². The summed E-state index contributed by atoms with van der Waals surface area (Å²) in [5, 5.41) is 5.39. The molecule has 6 aromatic carbocycles. The molecule has 5 nitrogen and oxygen atoms in total. The van der Waals surface area contributed by atoms with Crippen LogP contribution in [0, 0.1) is 0 Å². The lowest BCUT2D eigenvalue weighted by atomic mass is 10.0. The zero-order valence-electron chi connectivity index (χ0n) is 24.7. The summed E-state index contributed by atoms with van der Waals surface area (Å²) in [6.45, 7) is 0. The summed E-state index contributed by atoms with van der Waals surface area (Å²) in [4.78, 5) is 20.4. The second kappa shape index (κ2) is 10.4. The number of benzene rings is 6. The Hall–Kier alpha value is -5.76. The molecule has 0 saturated heterocycles. The maximum absolute atomic E-state index is 6.23. The lowest BCUT2D eigenvalue weighted by Gasteiger charge is -2.10.